The van der Waals surface area contributed by atoms with Crippen LogP contribution in [0.1, 0.15) is 168 Å². The molecule has 53 heavy (non-hydrogen) atoms. The zero-order valence-electron chi connectivity index (χ0n) is 33.4. The number of unbranched alkanes of at least 4 members (excludes halogenated alkanes) is 19. The molecule has 310 valence electrons. The molecule has 10 nitrogen and oxygen atoms in total. The summed E-state index contributed by atoms with van der Waals surface area (Å²) in [5.74, 6) is -0.645. The first-order valence-electron chi connectivity index (χ1n) is 21.3. The van der Waals surface area contributed by atoms with E-state index in [9.17, 15) is 35.4 Å². The zero-order chi connectivity index (χ0) is 38.9. The number of ether oxygens (including phenoxy) is 2. The molecule has 8 atom stereocenters. The van der Waals surface area contributed by atoms with Gasteiger partial charge in [-0.25, -0.2) is 0 Å². The standard InChI is InChI=1S/C43H79NO9/c1-3-5-7-9-11-13-15-17-18-20-21-23-25-27-29-31-36(46)35(34-52-43-41(50)40(49)39(48)38(33-45)53-43)44-42(51)37(47)32-30-28-26-24-22-19-16-14-12-10-8-6-4-2/h21-24,29,31,35-41,43,45-50H,3-20,25-28,30,32-34H2,1-2H3,(H,44,51)/b23-21+,24-22-,31-29+. The highest BCUT2D eigenvalue weighted by atomic mass is 16.7. The molecule has 0 aromatic heterocycles. The zero-order valence-corrected chi connectivity index (χ0v) is 33.4. The molecule has 1 amide bonds. The highest BCUT2D eigenvalue weighted by Crippen LogP contribution is 2.22. The maximum Gasteiger partial charge on any atom is 0.249 e. The summed E-state index contributed by atoms with van der Waals surface area (Å²) in [5.41, 5.74) is 0. The van der Waals surface area contributed by atoms with Crippen LogP contribution in [0.2, 0.25) is 0 Å². The van der Waals surface area contributed by atoms with Gasteiger partial charge in [0.2, 0.25) is 5.91 Å². The second-order valence-electron chi connectivity index (χ2n) is 14.9. The Labute approximate surface area is 322 Å². The molecule has 0 radical (unpaired) electrons. The highest BCUT2D eigenvalue weighted by molar-refractivity contribution is 5.80. The van der Waals surface area contributed by atoms with Gasteiger partial charge in [0.25, 0.3) is 0 Å². The Kier molecular flexibility index (Phi) is 31.4. The summed E-state index contributed by atoms with van der Waals surface area (Å²) in [7, 11) is 0. The summed E-state index contributed by atoms with van der Waals surface area (Å²) in [5, 5.41) is 64.4. The second kappa shape index (κ2) is 33.7. The van der Waals surface area contributed by atoms with E-state index in [2.05, 4.69) is 43.5 Å². The lowest BCUT2D eigenvalue weighted by molar-refractivity contribution is -0.302. The van der Waals surface area contributed by atoms with Crippen LogP contribution in [0.5, 0.6) is 0 Å². The van der Waals surface area contributed by atoms with E-state index in [1.165, 1.54) is 103 Å². The number of amides is 1. The van der Waals surface area contributed by atoms with E-state index in [0.717, 1.165) is 32.1 Å². The van der Waals surface area contributed by atoms with Crippen molar-refractivity contribution in [3.63, 3.8) is 0 Å². The van der Waals surface area contributed by atoms with Gasteiger partial charge in [0.15, 0.2) is 6.29 Å². The minimum Gasteiger partial charge on any atom is -0.394 e. The van der Waals surface area contributed by atoms with Crippen molar-refractivity contribution < 1.29 is 44.9 Å². The molecule has 0 spiro atoms. The second-order valence-corrected chi connectivity index (χ2v) is 14.9. The molecule has 1 aliphatic rings. The van der Waals surface area contributed by atoms with Crippen LogP contribution in [0.3, 0.4) is 0 Å². The molecular formula is C43H79NO9. The molecule has 0 aliphatic carbocycles. The smallest absolute Gasteiger partial charge is 0.249 e. The number of aliphatic hydroxyl groups excluding tert-OH is 6. The maximum atomic E-state index is 13.0. The number of hydrogen-bond acceptors (Lipinski definition) is 9. The Morgan fingerprint density at radius 2 is 1.11 bits per heavy atom. The molecule has 1 aliphatic heterocycles. The summed E-state index contributed by atoms with van der Waals surface area (Å²) < 4.78 is 11.1. The topological polar surface area (TPSA) is 169 Å². The number of rotatable bonds is 34. The third-order valence-electron chi connectivity index (χ3n) is 10.0. The van der Waals surface area contributed by atoms with Crippen LogP contribution < -0.4 is 5.32 Å². The van der Waals surface area contributed by atoms with Crippen molar-refractivity contribution in [2.24, 2.45) is 0 Å². The summed E-state index contributed by atoms with van der Waals surface area (Å²) in [6.45, 7) is 3.54. The van der Waals surface area contributed by atoms with Crippen LogP contribution in [0, 0.1) is 0 Å². The normalized spacial score (nSPS) is 22.6. The lowest BCUT2D eigenvalue weighted by Gasteiger charge is -2.40. The Morgan fingerprint density at radius 3 is 1.64 bits per heavy atom. The predicted molar refractivity (Wildman–Crippen MR) is 213 cm³/mol. The van der Waals surface area contributed by atoms with Gasteiger partial charge in [-0.3, -0.25) is 4.79 Å². The average molecular weight is 754 g/mol. The lowest BCUT2D eigenvalue weighted by Crippen LogP contribution is -2.60. The largest absolute Gasteiger partial charge is 0.394 e. The minimum absolute atomic E-state index is 0.273. The SMILES string of the molecule is CCCCCCCCC/C=C\CCCCC(O)C(=O)NC(COC1OC(CO)C(O)C(O)C1O)C(O)/C=C/CC/C=C/CCCCCCCCCCC. The molecular weight excluding hydrogens is 674 g/mol. The molecule has 0 bridgehead atoms. The number of nitrogens with one attached hydrogen (secondary N) is 1. The van der Waals surface area contributed by atoms with Crippen LogP contribution in [-0.2, 0) is 14.3 Å². The van der Waals surface area contributed by atoms with Gasteiger partial charge in [-0.2, -0.15) is 0 Å². The lowest BCUT2D eigenvalue weighted by atomic mass is 9.99. The van der Waals surface area contributed by atoms with Crippen LogP contribution in [0.25, 0.3) is 0 Å². The molecule has 1 fully saturated rings. The minimum atomic E-state index is -1.62. The summed E-state index contributed by atoms with van der Waals surface area (Å²) in [6.07, 6.45) is 29.5. The van der Waals surface area contributed by atoms with Gasteiger partial charge in [0.05, 0.1) is 25.4 Å². The fourth-order valence-corrected chi connectivity index (χ4v) is 6.46. The van der Waals surface area contributed by atoms with Gasteiger partial charge in [-0.05, 0) is 57.8 Å². The van der Waals surface area contributed by atoms with E-state index in [4.69, 9.17) is 9.47 Å². The van der Waals surface area contributed by atoms with Crippen LogP contribution in [0.4, 0.5) is 0 Å². The number of carbonyl (C=O) groups is 1. The van der Waals surface area contributed by atoms with Gasteiger partial charge in [-0.15, -0.1) is 0 Å². The van der Waals surface area contributed by atoms with E-state index in [1.807, 2.05) is 6.08 Å². The number of allylic oxidation sites excluding steroid dienone is 5. The third-order valence-corrected chi connectivity index (χ3v) is 10.0. The molecule has 0 aromatic rings. The van der Waals surface area contributed by atoms with Crippen molar-refractivity contribution in [2.75, 3.05) is 13.2 Å². The Morgan fingerprint density at radius 1 is 0.642 bits per heavy atom. The molecule has 0 saturated carbocycles. The Hall–Kier alpha value is -1.63. The van der Waals surface area contributed by atoms with Gasteiger partial charge < -0.3 is 45.4 Å². The molecule has 7 N–H and O–H groups in total. The molecule has 8 unspecified atom stereocenters. The van der Waals surface area contributed by atoms with E-state index in [-0.39, 0.29) is 13.0 Å². The van der Waals surface area contributed by atoms with Crippen molar-refractivity contribution >= 4 is 5.91 Å². The fraction of sp³-hybridized carbons (Fsp3) is 0.837. The van der Waals surface area contributed by atoms with Crippen molar-refractivity contribution in [3.8, 4) is 0 Å². The van der Waals surface area contributed by atoms with Crippen molar-refractivity contribution in [1.29, 1.82) is 0 Å². The first kappa shape index (κ1) is 49.4. The summed E-state index contributed by atoms with van der Waals surface area (Å²) >= 11 is 0. The fourth-order valence-electron chi connectivity index (χ4n) is 6.46. The van der Waals surface area contributed by atoms with Crippen LogP contribution in [0.15, 0.2) is 36.5 Å². The average Bonchev–Trinajstić information content (AvgIpc) is 3.16. The molecule has 0 aromatic carbocycles. The van der Waals surface area contributed by atoms with E-state index in [1.54, 1.807) is 6.08 Å². The quantitative estimate of drug-likeness (QED) is 0.0268. The predicted octanol–water partition coefficient (Wildman–Crippen LogP) is 7.08. The van der Waals surface area contributed by atoms with Gasteiger partial charge in [-0.1, -0.05) is 147 Å². The van der Waals surface area contributed by atoms with Gasteiger partial charge >= 0.3 is 0 Å². The monoisotopic (exact) mass is 754 g/mol. The molecule has 1 saturated heterocycles. The van der Waals surface area contributed by atoms with Crippen LogP contribution >= 0.6 is 0 Å². The Balaban J connectivity index is 2.52. The summed E-state index contributed by atoms with van der Waals surface area (Å²) in [6, 6.07) is -1.00. The van der Waals surface area contributed by atoms with Crippen molar-refractivity contribution in [3.05, 3.63) is 36.5 Å². The molecule has 1 rings (SSSR count). The number of hydrogen-bond donors (Lipinski definition) is 7. The van der Waals surface area contributed by atoms with Crippen molar-refractivity contribution in [2.45, 2.75) is 217 Å². The van der Waals surface area contributed by atoms with Gasteiger partial charge in [0.1, 0.15) is 30.5 Å². The highest BCUT2D eigenvalue weighted by Gasteiger charge is 2.44. The number of aliphatic hydroxyl groups is 6. The van der Waals surface area contributed by atoms with E-state index >= 15 is 0 Å². The molecule has 10 heteroatoms. The van der Waals surface area contributed by atoms with Gasteiger partial charge in [0, 0.05) is 0 Å². The number of carbonyl (C=O) groups excluding carboxylic acids is 1. The van der Waals surface area contributed by atoms with E-state index < -0.39 is 61.5 Å². The van der Waals surface area contributed by atoms with E-state index in [0.29, 0.717) is 12.8 Å². The summed E-state index contributed by atoms with van der Waals surface area (Å²) in [4.78, 5) is 13.0. The third kappa shape index (κ3) is 24.5. The first-order valence-corrected chi connectivity index (χ1v) is 21.3. The molecule has 1 heterocycles. The Bertz CT molecular complexity index is 943. The first-order chi connectivity index (χ1) is 25.8. The maximum absolute atomic E-state index is 13.0. The van der Waals surface area contributed by atoms with Crippen LogP contribution in [-0.4, -0.2) is 98.7 Å². The van der Waals surface area contributed by atoms with Crippen molar-refractivity contribution in [1.82, 2.24) is 5.32 Å².